The van der Waals surface area contributed by atoms with Gasteiger partial charge in [-0.1, -0.05) is 53.5 Å². The van der Waals surface area contributed by atoms with Crippen molar-refractivity contribution >= 4 is 45.7 Å². The van der Waals surface area contributed by atoms with Gasteiger partial charge in [-0.3, -0.25) is 0 Å². The Morgan fingerprint density at radius 3 is 2.00 bits per heavy atom. The summed E-state index contributed by atoms with van der Waals surface area (Å²) in [5.74, 6) is 0.738. The normalized spacial score (nSPS) is 14.2. The molecule has 1 aliphatic rings. The number of halogens is 2. The van der Waals surface area contributed by atoms with E-state index in [2.05, 4.69) is 61.6 Å². The predicted octanol–water partition coefficient (Wildman–Crippen LogP) is 7.30. The summed E-state index contributed by atoms with van der Waals surface area (Å²) in [4.78, 5) is 15.4. The Morgan fingerprint density at radius 2 is 1.38 bits per heavy atom. The molecule has 6 rings (SSSR count). The van der Waals surface area contributed by atoms with E-state index < -0.39 is 0 Å². The molecule has 1 saturated heterocycles. The minimum atomic E-state index is -0.0281. The molecular formula is C31H27Cl2N5O. The Kier molecular flexibility index (Phi) is 7.22. The van der Waals surface area contributed by atoms with Crippen LogP contribution in [0.2, 0.25) is 10.0 Å². The Hall–Kier alpha value is -3.87. The molecule has 8 heteroatoms. The molecular weight excluding hydrogens is 529 g/mol. The summed E-state index contributed by atoms with van der Waals surface area (Å²) in [6, 6.07) is 25.9. The molecule has 1 aliphatic heterocycles. The highest BCUT2D eigenvalue weighted by molar-refractivity contribution is 6.30. The van der Waals surface area contributed by atoms with Crippen molar-refractivity contribution in [2.24, 2.45) is 0 Å². The van der Waals surface area contributed by atoms with Gasteiger partial charge in [0.05, 0.1) is 5.52 Å². The first-order valence-electron chi connectivity index (χ1n) is 13.0. The number of aromatic hydroxyl groups is 1. The highest BCUT2D eigenvalue weighted by atomic mass is 35.5. The second kappa shape index (κ2) is 11.1. The van der Waals surface area contributed by atoms with Gasteiger partial charge in [-0.15, -0.1) is 0 Å². The molecule has 2 aromatic heterocycles. The largest absolute Gasteiger partial charge is 0.493 e. The third-order valence-corrected chi connectivity index (χ3v) is 7.75. The van der Waals surface area contributed by atoms with Crippen molar-refractivity contribution in [2.75, 3.05) is 23.3 Å². The number of anilines is 2. The first-order valence-corrected chi connectivity index (χ1v) is 13.7. The Balaban J connectivity index is 1.33. The van der Waals surface area contributed by atoms with Gasteiger partial charge in [-0.05, 0) is 72.0 Å². The molecule has 2 N–H and O–H groups in total. The van der Waals surface area contributed by atoms with Gasteiger partial charge in [-0.2, -0.15) is 0 Å². The summed E-state index contributed by atoms with van der Waals surface area (Å²) in [6.45, 7) is 1.72. The van der Waals surface area contributed by atoms with Crippen LogP contribution in [0.1, 0.15) is 35.4 Å². The molecule has 0 amide bonds. The van der Waals surface area contributed by atoms with E-state index in [1.54, 1.807) is 18.5 Å². The van der Waals surface area contributed by atoms with E-state index in [4.69, 9.17) is 23.2 Å². The first-order chi connectivity index (χ1) is 19.0. The van der Waals surface area contributed by atoms with Crippen LogP contribution in [0, 0.1) is 0 Å². The number of aromatic nitrogens is 3. The number of hydrogen-bond donors (Lipinski definition) is 2. The molecule has 3 aromatic carbocycles. The molecule has 0 bridgehead atoms. The van der Waals surface area contributed by atoms with Gasteiger partial charge < -0.3 is 15.3 Å². The summed E-state index contributed by atoms with van der Waals surface area (Å²) in [5, 5.41) is 16.5. The van der Waals surface area contributed by atoms with Crippen molar-refractivity contribution in [3.05, 3.63) is 118 Å². The molecule has 6 nitrogen and oxygen atoms in total. The summed E-state index contributed by atoms with van der Waals surface area (Å²) < 4.78 is 0. The van der Waals surface area contributed by atoms with E-state index in [9.17, 15) is 5.11 Å². The Bertz CT molecular complexity index is 1530. The molecule has 0 saturated carbocycles. The van der Waals surface area contributed by atoms with Crippen LogP contribution in [0.15, 0.2) is 91.3 Å². The highest BCUT2D eigenvalue weighted by Gasteiger charge is 2.23. The number of benzene rings is 3. The number of nitrogens with one attached hydrogen (secondary N) is 1. The lowest BCUT2D eigenvalue weighted by molar-refractivity contribution is 0.455. The van der Waals surface area contributed by atoms with Crippen LogP contribution in [0.3, 0.4) is 0 Å². The van der Waals surface area contributed by atoms with E-state index in [1.807, 2.05) is 36.4 Å². The number of pyridine rings is 1. The van der Waals surface area contributed by atoms with Crippen molar-refractivity contribution in [1.82, 2.24) is 15.0 Å². The number of nitrogens with zero attached hydrogens (tertiary/aromatic N) is 4. The number of rotatable bonds is 6. The van der Waals surface area contributed by atoms with Gasteiger partial charge in [0.25, 0.3) is 0 Å². The lowest BCUT2D eigenvalue weighted by atomic mass is 9.84. The van der Waals surface area contributed by atoms with Crippen molar-refractivity contribution < 1.29 is 5.11 Å². The molecule has 5 aromatic rings. The average Bonchev–Trinajstić information content (AvgIpc) is 2.96. The van der Waals surface area contributed by atoms with E-state index in [-0.39, 0.29) is 17.8 Å². The summed E-state index contributed by atoms with van der Waals surface area (Å²) in [5.41, 5.74) is 4.97. The van der Waals surface area contributed by atoms with E-state index in [0.29, 0.717) is 10.0 Å². The van der Waals surface area contributed by atoms with Crippen molar-refractivity contribution in [2.45, 2.75) is 24.8 Å². The molecule has 0 spiro atoms. The van der Waals surface area contributed by atoms with Gasteiger partial charge in [0.1, 0.15) is 0 Å². The van der Waals surface area contributed by atoms with Gasteiger partial charge >= 0.3 is 0 Å². The Morgan fingerprint density at radius 1 is 0.795 bits per heavy atom. The summed E-state index contributed by atoms with van der Waals surface area (Å²) in [6.07, 6.45) is 5.41. The summed E-state index contributed by atoms with van der Waals surface area (Å²) in [7, 11) is 0. The smallest absolute Gasteiger partial charge is 0.225 e. The maximum absolute atomic E-state index is 10.4. The Labute approximate surface area is 237 Å². The topological polar surface area (TPSA) is 74.2 Å². The standard InChI is InChI=1S/C31H27Cl2N5O/c32-23-7-2-20(3-8-23)30(21-4-9-24(33)10-5-21)22-6-11-27-26(18-22)28(19-29(39)37-27)36-25-12-16-38(17-13-25)31-34-14-1-15-35-31/h1-11,14-15,18-19,25,30H,12-13,16-17H2,(H2,36,37,39). The van der Waals surface area contributed by atoms with Crippen LogP contribution in [0.5, 0.6) is 5.88 Å². The second-order valence-electron chi connectivity index (χ2n) is 9.80. The minimum absolute atomic E-state index is 0.000163. The van der Waals surface area contributed by atoms with Gasteiger partial charge in [-0.25, -0.2) is 15.0 Å². The van der Waals surface area contributed by atoms with E-state index in [1.165, 1.54) is 0 Å². The van der Waals surface area contributed by atoms with E-state index >= 15 is 0 Å². The fraction of sp³-hybridized carbons (Fsp3) is 0.194. The SMILES string of the molecule is Oc1cc(NC2CCN(c3ncccn3)CC2)c2cc(C(c3ccc(Cl)cc3)c3ccc(Cl)cc3)ccc2n1. The molecule has 0 atom stereocenters. The molecule has 0 unspecified atom stereocenters. The van der Waals surface area contributed by atoms with Crippen LogP contribution in [-0.2, 0) is 0 Å². The third kappa shape index (κ3) is 5.63. The van der Waals surface area contributed by atoms with Gasteiger partial charge in [0.2, 0.25) is 11.8 Å². The van der Waals surface area contributed by atoms with Crippen molar-refractivity contribution in [3.63, 3.8) is 0 Å². The zero-order chi connectivity index (χ0) is 26.8. The predicted molar refractivity (Wildman–Crippen MR) is 158 cm³/mol. The third-order valence-electron chi connectivity index (χ3n) is 7.25. The molecule has 3 heterocycles. The zero-order valence-corrected chi connectivity index (χ0v) is 22.6. The number of fused-ring (bicyclic) bond motifs is 1. The van der Waals surface area contributed by atoms with E-state index in [0.717, 1.165) is 65.2 Å². The quantitative estimate of drug-likeness (QED) is 0.214. The lowest BCUT2D eigenvalue weighted by Gasteiger charge is -2.33. The number of hydrogen-bond acceptors (Lipinski definition) is 6. The van der Waals surface area contributed by atoms with Crippen LogP contribution in [-0.4, -0.2) is 39.2 Å². The average molecular weight is 556 g/mol. The van der Waals surface area contributed by atoms with Crippen molar-refractivity contribution in [3.8, 4) is 5.88 Å². The van der Waals surface area contributed by atoms with Crippen LogP contribution >= 0.6 is 23.2 Å². The highest BCUT2D eigenvalue weighted by Crippen LogP contribution is 2.37. The minimum Gasteiger partial charge on any atom is -0.493 e. The maximum Gasteiger partial charge on any atom is 0.225 e. The van der Waals surface area contributed by atoms with Crippen LogP contribution in [0.25, 0.3) is 10.9 Å². The van der Waals surface area contributed by atoms with Gasteiger partial charge in [0.15, 0.2) is 0 Å². The molecule has 196 valence electrons. The van der Waals surface area contributed by atoms with Crippen molar-refractivity contribution in [1.29, 1.82) is 0 Å². The van der Waals surface area contributed by atoms with Gasteiger partial charge in [0, 0.05) is 64.6 Å². The monoisotopic (exact) mass is 555 g/mol. The maximum atomic E-state index is 10.4. The molecule has 39 heavy (non-hydrogen) atoms. The molecule has 0 radical (unpaired) electrons. The fourth-order valence-electron chi connectivity index (χ4n) is 5.31. The lowest BCUT2D eigenvalue weighted by Crippen LogP contribution is -2.39. The molecule has 0 aliphatic carbocycles. The first kappa shape index (κ1) is 25.4. The number of piperidine rings is 1. The van der Waals surface area contributed by atoms with Crippen LogP contribution in [0.4, 0.5) is 11.6 Å². The van der Waals surface area contributed by atoms with Crippen LogP contribution < -0.4 is 10.2 Å². The molecule has 1 fully saturated rings. The fourth-order valence-corrected chi connectivity index (χ4v) is 5.57. The zero-order valence-electron chi connectivity index (χ0n) is 21.1. The summed E-state index contributed by atoms with van der Waals surface area (Å²) >= 11 is 12.4. The second-order valence-corrected chi connectivity index (χ2v) is 10.7.